The zero-order valence-electron chi connectivity index (χ0n) is 9.40. The summed E-state index contributed by atoms with van der Waals surface area (Å²) in [7, 11) is 4.54. The predicted octanol–water partition coefficient (Wildman–Crippen LogP) is 1.64. The maximum Gasteiger partial charge on any atom is 0.280 e. The molecule has 0 bridgehead atoms. The van der Waals surface area contributed by atoms with Crippen LogP contribution in [0.5, 0.6) is 5.75 Å². The third-order valence-electron chi connectivity index (χ3n) is 2.15. The Labute approximate surface area is 89.4 Å². The summed E-state index contributed by atoms with van der Waals surface area (Å²) in [6.07, 6.45) is 0. The van der Waals surface area contributed by atoms with Crippen LogP contribution in [0, 0.1) is 6.92 Å². The molecule has 0 fully saturated rings. The molecule has 0 N–H and O–H groups in total. The summed E-state index contributed by atoms with van der Waals surface area (Å²) in [6, 6.07) is 5.44. The molecule has 4 heteroatoms. The Morgan fingerprint density at radius 3 is 2.53 bits per heavy atom. The Balaban J connectivity index is 3.11. The van der Waals surface area contributed by atoms with Crippen molar-refractivity contribution in [2.75, 3.05) is 21.3 Å². The third kappa shape index (κ3) is 2.47. The molecular formula is C11H15NO3. The number of carbonyl (C=O) groups is 1. The van der Waals surface area contributed by atoms with Gasteiger partial charge < -0.3 is 4.74 Å². The van der Waals surface area contributed by atoms with Crippen molar-refractivity contribution in [3.63, 3.8) is 0 Å². The number of nitrogens with zero attached hydrogens (tertiary/aromatic N) is 1. The van der Waals surface area contributed by atoms with Crippen LogP contribution in [0.3, 0.4) is 0 Å². The summed E-state index contributed by atoms with van der Waals surface area (Å²) >= 11 is 0. The second-order valence-corrected chi connectivity index (χ2v) is 3.19. The van der Waals surface area contributed by atoms with Crippen molar-refractivity contribution in [3.05, 3.63) is 29.3 Å². The fraction of sp³-hybridized carbons (Fsp3) is 0.364. The van der Waals surface area contributed by atoms with Crippen LogP contribution in [0.4, 0.5) is 0 Å². The lowest BCUT2D eigenvalue weighted by Crippen LogP contribution is -2.25. The lowest BCUT2D eigenvalue weighted by Gasteiger charge is -2.15. The molecule has 1 rings (SSSR count). The van der Waals surface area contributed by atoms with Crippen molar-refractivity contribution < 1.29 is 14.4 Å². The van der Waals surface area contributed by atoms with E-state index in [1.54, 1.807) is 19.2 Å². The quantitative estimate of drug-likeness (QED) is 0.710. The van der Waals surface area contributed by atoms with Gasteiger partial charge in [0.2, 0.25) is 0 Å². The molecule has 0 unspecified atom stereocenters. The van der Waals surface area contributed by atoms with Gasteiger partial charge in [-0.25, -0.2) is 5.06 Å². The number of ether oxygens (including phenoxy) is 1. The smallest absolute Gasteiger partial charge is 0.280 e. The minimum Gasteiger partial charge on any atom is -0.496 e. The number of hydroxylamine groups is 2. The van der Waals surface area contributed by atoms with Crippen molar-refractivity contribution in [3.8, 4) is 5.75 Å². The Morgan fingerprint density at radius 1 is 1.33 bits per heavy atom. The van der Waals surface area contributed by atoms with Gasteiger partial charge >= 0.3 is 0 Å². The van der Waals surface area contributed by atoms with E-state index in [0.29, 0.717) is 11.3 Å². The number of benzene rings is 1. The van der Waals surface area contributed by atoms with Crippen LogP contribution < -0.4 is 4.74 Å². The number of hydrogen-bond acceptors (Lipinski definition) is 3. The van der Waals surface area contributed by atoms with Crippen molar-refractivity contribution in [2.24, 2.45) is 0 Å². The number of rotatable bonds is 3. The summed E-state index contributed by atoms with van der Waals surface area (Å²) in [6.45, 7) is 1.92. The molecule has 0 aliphatic carbocycles. The van der Waals surface area contributed by atoms with Crippen LogP contribution >= 0.6 is 0 Å². The molecule has 1 aromatic rings. The van der Waals surface area contributed by atoms with E-state index < -0.39 is 0 Å². The summed E-state index contributed by atoms with van der Waals surface area (Å²) in [4.78, 5) is 16.7. The molecule has 0 atom stereocenters. The minimum absolute atomic E-state index is 0.224. The molecule has 0 heterocycles. The molecule has 1 amide bonds. The van der Waals surface area contributed by atoms with Gasteiger partial charge in [0, 0.05) is 7.05 Å². The first-order chi connectivity index (χ1) is 7.10. The van der Waals surface area contributed by atoms with Crippen LogP contribution in [0.15, 0.2) is 18.2 Å². The Hall–Kier alpha value is -1.55. The molecule has 0 saturated heterocycles. The van der Waals surface area contributed by atoms with Crippen molar-refractivity contribution >= 4 is 5.91 Å². The standard InChI is InChI=1S/C11H15NO3/c1-8-5-6-10(14-3)9(7-8)11(13)12(2)15-4/h5-7H,1-4H3. The van der Waals surface area contributed by atoms with Gasteiger partial charge in [-0.2, -0.15) is 0 Å². The summed E-state index contributed by atoms with van der Waals surface area (Å²) in [5.41, 5.74) is 1.51. The lowest BCUT2D eigenvalue weighted by molar-refractivity contribution is -0.0758. The summed E-state index contributed by atoms with van der Waals surface area (Å²) < 4.78 is 5.11. The zero-order chi connectivity index (χ0) is 11.4. The highest BCUT2D eigenvalue weighted by molar-refractivity contribution is 5.96. The molecule has 1 aromatic carbocycles. The van der Waals surface area contributed by atoms with Gasteiger partial charge in [-0.05, 0) is 19.1 Å². The van der Waals surface area contributed by atoms with Gasteiger partial charge in [0.05, 0.1) is 19.8 Å². The molecule has 4 nitrogen and oxygen atoms in total. The Morgan fingerprint density at radius 2 is 2.00 bits per heavy atom. The van der Waals surface area contributed by atoms with E-state index in [2.05, 4.69) is 0 Å². The van der Waals surface area contributed by atoms with E-state index in [-0.39, 0.29) is 5.91 Å². The van der Waals surface area contributed by atoms with Gasteiger partial charge in [0.1, 0.15) is 5.75 Å². The largest absolute Gasteiger partial charge is 0.496 e. The SMILES string of the molecule is COc1ccc(C)cc1C(=O)N(C)OC. The lowest BCUT2D eigenvalue weighted by atomic mass is 10.1. The van der Waals surface area contributed by atoms with E-state index in [1.807, 2.05) is 13.0 Å². The molecule has 0 aliphatic rings. The van der Waals surface area contributed by atoms with E-state index in [1.165, 1.54) is 14.2 Å². The fourth-order valence-electron chi connectivity index (χ4n) is 1.24. The van der Waals surface area contributed by atoms with Crippen LogP contribution in [-0.2, 0) is 4.84 Å². The molecule has 82 valence electrons. The maximum atomic E-state index is 11.8. The maximum absolute atomic E-state index is 11.8. The number of hydrogen-bond donors (Lipinski definition) is 0. The minimum atomic E-state index is -0.224. The van der Waals surface area contributed by atoms with Gasteiger partial charge in [0.25, 0.3) is 5.91 Å². The Kier molecular flexibility index (Phi) is 3.68. The number of carbonyl (C=O) groups excluding carboxylic acids is 1. The van der Waals surface area contributed by atoms with Crippen LogP contribution in [0.1, 0.15) is 15.9 Å². The molecule has 0 spiro atoms. The van der Waals surface area contributed by atoms with E-state index >= 15 is 0 Å². The van der Waals surface area contributed by atoms with Gasteiger partial charge in [-0.3, -0.25) is 9.63 Å². The highest BCUT2D eigenvalue weighted by Crippen LogP contribution is 2.20. The van der Waals surface area contributed by atoms with Gasteiger partial charge in [-0.1, -0.05) is 11.6 Å². The van der Waals surface area contributed by atoms with E-state index in [4.69, 9.17) is 9.57 Å². The first-order valence-corrected chi connectivity index (χ1v) is 4.57. The second kappa shape index (κ2) is 4.79. The monoisotopic (exact) mass is 209 g/mol. The normalized spacial score (nSPS) is 9.87. The van der Waals surface area contributed by atoms with Crippen molar-refractivity contribution in [1.82, 2.24) is 5.06 Å². The number of amides is 1. The first kappa shape index (κ1) is 11.5. The highest BCUT2D eigenvalue weighted by Gasteiger charge is 2.16. The number of aryl methyl sites for hydroxylation is 1. The molecule has 15 heavy (non-hydrogen) atoms. The predicted molar refractivity (Wildman–Crippen MR) is 56.8 cm³/mol. The molecule has 0 aromatic heterocycles. The summed E-state index contributed by atoms with van der Waals surface area (Å²) in [5, 5.41) is 1.16. The van der Waals surface area contributed by atoms with E-state index in [9.17, 15) is 4.79 Å². The van der Waals surface area contributed by atoms with Crippen molar-refractivity contribution in [2.45, 2.75) is 6.92 Å². The molecular weight excluding hydrogens is 194 g/mol. The molecule has 0 aliphatic heterocycles. The number of methoxy groups -OCH3 is 1. The van der Waals surface area contributed by atoms with Crippen LogP contribution in [0.25, 0.3) is 0 Å². The zero-order valence-corrected chi connectivity index (χ0v) is 9.40. The van der Waals surface area contributed by atoms with Gasteiger partial charge in [-0.15, -0.1) is 0 Å². The average Bonchev–Trinajstić information content (AvgIpc) is 2.27. The topological polar surface area (TPSA) is 38.8 Å². The summed E-state index contributed by atoms with van der Waals surface area (Å²) in [5.74, 6) is 0.326. The second-order valence-electron chi connectivity index (χ2n) is 3.19. The van der Waals surface area contributed by atoms with Crippen LogP contribution in [0.2, 0.25) is 0 Å². The first-order valence-electron chi connectivity index (χ1n) is 4.57. The molecule has 0 saturated carbocycles. The third-order valence-corrected chi connectivity index (χ3v) is 2.15. The highest BCUT2D eigenvalue weighted by atomic mass is 16.7. The van der Waals surface area contributed by atoms with E-state index in [0.717, 1.165) is 10.6 Å². The fourth-order valence-corrected chi connectivity index (χ4v) is 1.24. The van der Waals surface area contributed by atoms with Crippen LogP contribution in [-0.4, -0.2) is 32.2 Å². The molecule has 0 radical (unpaired) electrons. The van der Waals surface area contributed by atoms with Gasteiger partial charge in [0.15, 0.2) is 0 Å². The Bertz CT molecular complexity index is 363. The van der Waals surface area contributed by atoms with Crippen molar-refractivity contribution in [1.29, 1.82) is 0 Å². The average molecular weight is 209 g/mol.